The van der Waals surface area contributed by atoms with Crippen LogP contribution in [0.2, 0.25) is 0 Å². The molecule has 130 valence electrons. The quantitative estimate of drug-likeness (QED) is 0.635. The fourth-order valence-corrected chi connectivity index (χ4v) is 1.93. The second kappa shape index (κ2) is 7.67. The number of carbonyl (C=O) groups is 1. The molecule has 23 heavy (non-hydrogen) atoms. The number of ether oxygens (including phenoxy) is 1. The fraction of sp³-hybridized carbons (Fsp3) is 0.500. The number of esters is 1. The molecule has 0 amide bonds. The van der Waals surface area contributed by atoms with Crippen molar-refractivity contribution in [2.75, 3.05) is 7.11 Å². The van der Waals surface area contributed by atoms with Crippen LogP contribution < -0.4 is 5.32 Å². The lowest BCUT2D eigenvalue weighted by Crippen LogP contribution is -2.45. The highest BCUT2D eigenvalue weighted by atomic mass is 19.4. The van der Waals surface area contributed by atoms with E-state index in [4.69, 9.17) is 0 Å². The van der Waals surface area contributed by atoms with Gasteiger partial charge in [0.25, 0.3) is 0 Å². The van der Waals surface area contributed by atoms with Crippen LogP contribution >= 0.6 is 0 Å². The minimum Gasteiger partial charge on any atom is -0.468 e. The number of carbonyl (C=O) groups excluding carboxylic acids is 1. The van der Waals surface area contributed by atoms with Crippen molar-refractivity contribution in [2.45, 2.75) is 31.4 Å². The van der Waals surface area contributed by atoms with Gasteiger partial charge < -0.3 is 10.1 Å². The van der Waals surface area contributed by atoms with Gasteiger partial charge in [-0.1, -0.05) is 30.3 Å². The van der Waals surface area contributed by atoms with Gasteiger partial charge in [-0.2, -0.15) is 26.3 Å². The molecule has 0 saturated heterocycles. The fourth-order valence-electron chi connectivity index (χ4n) is 1.93. The smallest absolute Gasteiger partial charge is 0.400 e. The predicted octanol–water partition coefficient (Wildman–Crippen LogP) is 3.45. The molecule has 0 spiro atoms. The Kier molecular flexibility index (Phi) is 6.43. The van der Waals surface area contributed by atoms with Crippen molar-refractivity contribution in [3.8, 4) is 0 Å². The van der Waals surface area contributed by atoms with Gasteiger partial charge in [0.05, 0.1) is 7.11 Å². The topological polar surface area (TPSA) is 38.3 Å². The van der Waals surface area contributed by atoms with E-state index in [0.29, 0.717) is 5.56 Å². The lowest BCUT2D eigenvalue weighted by molar-refractivity contribution is -0.286. The van der Waals surface area contributed by atoms with Gasteiger partial charge in [-0.25, -0.2) is 0 Å². The Balaban J connectivity index is 2.87. The average Bonchev–Trinajstić information content (AvgIpc) is 2.45. The SMILES string of the molecule is COC(=O)C(CC(C(F)(F)F)C(F)(F)F)NCc1ccccc1. The van der Waals surface area contributed by atoms with Crippen LogP contribution in [0.25, 0.3) is 0 Å². The highest BCUT2D eigenvalue weighted by Gasteiger charge is 2.57. The van der Waals surface area contributed by atoms with Crippen molar-refractivity contribution < 1.29 is 35.9 Å². The summed E-state index contributed by atoms with van der Waals surface area (Å²) < 4.78 is 79.9. The van der Waals surface area contributed by atoms with E-state index >= 15 is 0 Å². The molecule has 0 aliphatic carbocycles. The van der Waals surface area contributed by atoms with Crippen molar-refractivity contribution in [3.05, 3.63) is 35.9 Å². The van der Waals surface area contributed by atoms with Gasteiger partial charge in [-0.3, -0.25) is 4.79 Å². The number of methoxy groups -OCH3 is 1. The molecule has 0 bridgehead atoms. The zero-order chi connectivity index (χ0) is 17.7. The highest BCUT2D eigenvalue weighted by molar-refractivity contribution is 5.75. The van der Waals surface area contributed by atoms with Crippen LogP contribution in [0.15, 0.2) is 30.3 Å². The van der Waals surface area contributed by atoms with Crippen LogP contribution in [-0.4, -0.2) is 31.5 Å². The maximum atomic E-state index is 12.6. The molecule has 1 aromatic carbocycles. The summed E-state index contributed by atoms with van der Waals surface area (Å²) in [6.45, 7) is -0.0664. The van der Waals surface area contributed by atoms with Crippen LogP contribution in [0.3, 0.4) is 0 Å². The van der Waals surface area contributed by atoms with Crippen LogP contribution in [-0.2, 0) is 16.1 Å². The van der Waals surface area contributed by atoms with Crippen molar-refractivity contribution in [1.29, 1.82) is 0 Å². The molecule has 3 nitrogen and oxygen atoms in total. The summed E-state index contributed by atoms with van der Waals surface area (Å²) in [6, 6.07) is 6.51. The second-order valence-electron chi connectivity index (χ2n) is 4.81. The number of halogens is 6. The summed E-state index contributed by atoms with van der Waals surface area (Å²) in [4.78, 5) is 11.5. The van der Waals surface area contributed by atoms with Gasteiger partial charge in [-0.15, -0.1) is 0 Å². The van der Waals surface area contributed by atoms with E-state index in [0.717, 1.165) is 7.11 Å². The number of hydrogen-bond acceptors (Lipinski definition) is 3. The molecule has 0 aliphatic heterocycles. The summed E-state index contributed by atoms with van der Waals surface area (Å²) in [5.74, 6) is -4.79. The van der Waals surface area contributed by atoms with Gasteiger partial charge in [0, 0.05) is 6.54 Å². The average molecular weight is 343 g/mol. The Hall–Kier alpha value is -1.77. The molecule has 0 saturated carbocycles. The molecule has 0 radical (unpaired) electrons. The molecule has 0 aromatic heterocycles. The number of nitrogens with one attached hydrogen (secondary N) is 1. The summed E-state index contributed by atoms with van der Waals surface area (Å²) in [5, 5.41) is 2.39. The summed E-state index contributed by atoms with van der Waals surface area (Å²) in [6.07, 6.45) is -12.5. The summed E-state index contributed by atoms with van der Waals surface area (Å²) in [5.41, 5.74) is 0.608. The second-order valence-corrected chi connectivity index (χ2v) is 4.81. The van der Waals surface area contributed by atoms with Gasteiger partial charge in [0.15, 0.2) is 5.92 Å². The van der Waals surface area contributed by atoms with Crippen LogP contribution in [0.1, 0.15) is 12.0 Å². The van der Waals surface area contributed by atoms with Gasteiger partial charge in [0.2, 0.25) is 0 Å². The van der Waals surface area contributed by atoms with Crippen molar-refractivity contribution in [1.82, 2.24) is 5.32 Å². The zero-order valence-corrected chi connectivity index (χ0v) is 12.0. The van der Waals surface area contributed by atoms with Crippen molar-refractivity contribution in [2.24, 2.45) is 5.92 Å². The first kappa shape index (κ1) is 19.3. The number of rotatable bonds is 6. The van der Waals surface area contributed by atoms with Crippen molar-refractivity contribution >= 4 is 5.97 Å². The monoisotopic (exact) mass is 343 g/mol. The van der Waals surface area contributed by atoms with Gasteiger partial charge >= 0.3 is 18.3 Å². The van der Waals surface area contributed by atoms with E-state index in [1.807, 2.05) is 0 Å². The number of hydrogen-bond donors (Lipinski definition) is 1. The third kappa shape index (κ3) is 6.09. The van der Waals surface area contributed by atoms with Crippen LogP contribution in [0.4, 0.5) is 26.3 Å². The van der Waals surface area contributed by atoms with E-state index in [9.17, 15) is 31.1 Å². The summed E-state index contributed by atoms with van der Waals surface area (Å²) in [7, 11) is 0.899. The van der Waals surface area contributed by atoms with E-state index < -0.39 is 36.7 Å². The third-order valence-corrected chi connectivity index (χ3v) is 3.14. The maximum absolute atomic E-state index is 12.6. The Bertz CT molecular complexity index is 486. The first-order valence-electron chi connectivity index (χ1n) is 6.54. The lowest BCUT2D eigenvalue weighted by atomic mass is 9.98. The Morgan fingerprint density at radius 2 is 1.61 bits per heavy atom. The van der Waals surface area contributed by atoms with Crippen molar-refractivity contribution in [3.63, 3.8) is 0 Å². The number of alkyl halides is 6. The minimum atomic E-state index is -5.50. The number of benzene rings is 1. The third-order valence-electron chi connectivity index (χ3n) is 3.14. The molecule has 1 unspecified atom stereocenters. The van der Waals surface area contributed by atoms with E-state index in [2.05, 4.69) is 10.1 Å². The molecular formula is C14H15F6NO2. The van der Waals surface area contributed by atoms with Gasteiger partial charge in [-0.05, 0) is 12.0 Å². The zero-order valence-electron chi connectivity index (χ0n) is 12.0. The van der Waals surface area contributed by atoms with E-state index in [-0.39, 0.29) is 6.54 Å². The normalized spacial score (nSPS) is 13.9. The largest absolute Gasteiger partial charge is 0.468 e. The molecule has 0 fully saturated rings. The summed E-state index contributed by atoms with van der Waals surface area (Å²) >= 11 is 0. The van der Waals surface area contributed by atoms with Crippen LogP contribution in [0.5, 0.6) is 0 Å². The first-order valence-corrected chi connectivity index (χ1v) is 6.54. The minimum absolute atomic E-state index is 0.0664. The standard InChI is InChI=1S/C14H15F6NO2/c1-23-12(22)10(21-8-9-5-3-2-4-6-9)7-11(13(15,16)17)14(18,19)20/h2-6,10-11,21H,7-8H2,1H3. The molecule has 9 heteroatoms. The lowest BCUT2D eigenvalue weighted by Gasteiger charge is -2.26. The Labute approximate surface area is 128 Å². The molecule has 1 aromatic rings. The molecule has 1 N–H and O–H groups in total. The van der Waals surface area contributed by atoms with Gasteiger partial charge in [0.1, 0.15) is 6.04 Å². The predicted molar refractivity (Wildman–Crippen MR) is 69.3 cm³/mol. The highest BCUT2D eigenvalue weighted by Crippen LogP contribution is 2.42. The maximum Gasteiger partial charge on any atom is 0.400 e. The molecule has 1 atom stereocenters. The molecule has 0 heterocycles. The van der Waals surface area contributed by atoms with E-state index in [1.54, 1.807) is 30.3 Å². The van der Waals surface area contributed by atoms with Crippen LogP contribution in [0, 0.1) is 5.92 Å². The Morgan fingerprint density at radius 1 is 1.09 bits per heavy atom. The molecule has 1 rings (SSSR count). The first-order chi connectivity index (χ1) is 10.6. The van der Waals surface area contributed by atoms with E-state index in [1.165, 1.54) is 0 Å². The molecule has 0 aliphatic rings. The molecular weight excluding hydrogens is 328 g/mol. The Morgan fingerprint density at radius 3 is 2.04 bits per heavy atom.